The Morgan fingerprint density at radius 3 is 0.736 bits per heavy atom. The maximum atomic E-state index is 13.8. The molecule has 1 N–H and O–H groups in total. The number of carboxylic acids is 1. The summed E-state index contributed by atoms with van der Waals surface area (Å²) in [5, 5.41) is 9.81. The van der Waals surface area contributed by atoms with Crippen LogP contribution in [-0.4, -0.2) is 83.4 Å². The van der Waals surface area contributed by atoms with Crippen LogP contribution in [0.25, 0.3) is 0 Å². The van der Waals surface area contributed by atoms with Crippen molar-refractivity contribution in [3.8, 4) is 0 Å². The summed E-state index contributed by atoms with van der Waals surface area (Å²) in [6.07, 6.45) is 39.0. The lowest BCUT2D eigenvalue weighted by Gasteiger charge is -2.29. The topological polar surface area (TPSA) is 81.2 Å². The van der Waals surface area contributed by atoms with Crippen molar-refractivity contribution in [2.45, 2.75) is 233 Å². The van der Waals surface area contributed by atoms with Crippen molar-refractivity contribution in [2.75, 3.05) is 45.8 Å². The Morgan fingerprint density at radius 1 is 0.321 bits per heavy atom. The van der Waals surface area contributed by atoms with Gasteiger partial charge in [0, 0.05) is 26.2 Å². The van der Waals surface area contributed by atoms with Crippen LogP contribution in [-0.2, 0) is 14.4 Å². The highest BCUT2D eigenvalue weighted by molar-refractivity contribution is 5.82. The number of nitrogens with zero attached hydrogens (tertiary/aromatic N) is 3. The summed E-state index contributed by atoms with van der Waals surface area (Å²) in [4.78, 5) is 45.1. The van der Waals surface area contributed by atoms with Crippen molar-refractivity contribution in [1.82, 2.24) is 14.7 Å². The van der Waals surface area contributed by atoms with Gasteiger partial charge in [0.15, 0.2) is 0 Å². The summed E-state index contributed by atoms with van der Waals surface area (Å²) in [6.45, 7) is 11.6. The highest BCUT2D eigenvalue weighted by Crippen LogP contribution is 2.14. The van der Waals surface area contributed by atoms with Crippen LogP contribution in [0.2, 0.25) is 0 Å². The van der Waals surface area contributed by atoms with Crippen molar-refractivity contribution in [1.29, 1.82) is 0 Å². The Morgan fingerprint density at radius 2 is 0.528 bits per heavy atom. The van der Waals surface area contributed by atoms with Crippen LogP contribution >= 0.6 is 0 Å². The number of hydrogen-bond donors (Lipinski definition) is 1. The largest absolute Gasteiger partial charge is 0.480 e. The Labute approximate surface area is 330 Å². The molecule has 0 aliphatic heterocycles. The van der Waals surface area contributed by atoms with E-state index in [1.807, 2.05) is 9.80 Å². The molecule has 7 heteroatoms. The maximum Gasteiger partial charge on any atom is 0.317 e. The number of amides is 2. The van der Waals surface area contributed by atoms with Crippen LogP contribution < -0.4 is 0 Å². The summed E-state index contributed by atoms with van der Waals surface area (Å²) >= 11 is 0. The van der Waals surface area contributed by atoms with Crippen LogP contribution in [0.3, 0.4) is 0 Å². The molecule has 0 saturated heterocycles. The first kappa shape index (κ1) is 51.4. The Bertz CT molecular complexity index is 725. The molecule has 0 radical (unpaired) electrons. The van der Waals surface area contributed by atoms with Gasteiger partial charge in [0.1, 0.15) is 0 Å². The van der Waals surface area contributed by atoms with Gasteiger partial charge in [0.05, 0.1) is 19.6 Å². The molecule has 0 aromatic rings. The fourth-order valence-electron chi connectivity index (χ4n) is 7.41. The first-order valence-corrected chi connectivity index (χ1v) is 23.4. The van der Waals surface area contributed by atoms with E-state index >= 15 is 0 Å². The molecule has 0 atom stereocenters. The third-order valence-electron chi connectivity index (χ3n) is 10.9. The number of hydrogen-bond acceptors (Lipinski definition) is 4. The molecule has 0 aromatic heterocycles. The molecule has 53 heavy (non-hydrogen) atoms. The van der Waals surface area contributed by atoms with E-state index in [4.69, 9.17) is 0 Å². The van der Waals surface area contributed by atoms with E-state index in [1.165, 1.54) is 154 Å². The lowest BCUT2D eigenvalue weighted by molar-refractivity contribution is -0.141. The first-order chi connectivity index (χ1) is 25.9. The van der Waals surface area contributed by atoms with E-state index in [0.717, 1.165) is 77.5 Å². The fourth-order valence-corrected chi connectivity index (χ4v) is 7.41. The number of carbonyl (C=O) groups excluding carboxylic acids is 2. The number of rotatable bonds is 42. The summed E-state index contributed by atoms with van der Waals surface area (Å²) in [6, 6.07) is 0. The molecule has 0 unspecified atom stereocenters. The molecule has 0 rings (SSSR count). The van der Waals surface area contributed by atoms with Gasteiger partial charge >= 0.3 is 5.97 Å². The molecule has 0 aliphatic rings. The summed E-state index contributed by atoms with van der Waals surface area (Å²) in [5.41, 5.74) is 0. The average Bonchev–Trinajstić information content (AvgIpc) is 3.13. The van der Waals surface area contributed by atoms with Crippen LogP contribution in [0.1, 0.15) is 233 Å². The Hall–Kier alpha value is -1.63. The number of carbonyl (C=O) groups is 3. The van der Waals surface area contributed by atoms with Crippen molar-refractivity contribution < 1.29 is 19.5 Å². The second kappa shape index (κ2) is 40.0. The van der Waals surface area contributed by atoms with Gasteiger partial charge in [-0.25, -0.2) is 0 Å². The highest BCUT2D eigenvalue weighted by Gasteiger charge is 2.23. The van der Waals surface area contributed by atoms with Crippen molar-refractivity contribution in [3.63, 3.8) is 0 Å². The zero-order valence-electron chi connectivity index (χ0n) is 36.1. The van der Waals surface area contributed by atoms with Crippen molar-refractivity contribution in [3.05, 3.63) is 0 Å². The summed E-state index contributed by atoms with van der Waals surface area (Å²) in [7, 11) is 0. The summed E-state index contributed by atoms with van der Waals surface area (Å²) < 4.78 is 0. The molecular formula is C46H91N3O4. The van der Waals surface area contributed by atoms with Gasteiger partial charge in [-0.15, -0.1) is 0 Å². The van der Waals surface area contributed by atoms with E-state index in [1.54, 1.807) is 4.90 Å². The normalized spacial score (nSPS) is 11.4. The lowest BCUT2D eigenvalue weighted by atomic mass is 10.1. The van der Waals surface area contributed by atoms with E-state index in [2.05, 4.69) is 27.7 Å². The molecule has 7 nitrogen and oxygen atoms in total. The van der Waals surface area contributed by atoms with Gasteiger partial charge in [-0.05, 0) is 25.7 Å². The second-order valence-electron chi connectivity index (χ2n) is 16.2. The predicted molar refractivity (Wildman–Crippen MR) is 228 cm³/mol. The number of unbranched alkanes of at least 4 members (excludes halogenated alkanes) is 28. The van der Waals surface area contributed by atoms with Gasteiger partial charge in [0.25, 0.3) is 0 Å². The molecule has 0 bridgehead atoms. The van der Waals surface area contributed by atoms with Crippen LogP contribution in [0, 0.1) is 0 Å². The minimum atomic E-state index is -0.985. The quantitative estimate of drug-likeness (QED) is 0.0629. The van der Waals surface area contributed by atoms with Crippen LogP contribution in [0.4, 0.5) is 0 Å². The molecular weight excluding hydrogens is 659 g/mol. The molecule has 314 valence electrons. The fraction of sp³-hybridized carbons (Fsp3) is 0.935. The molecule has 0 heterocycles. The van der Waals surface area contributed by atoms with Gasteiger partial charge in [-0.2, -0.15) is 0 Å². The van der Waals surface area contributed by atoms with E-state index in [9.17, 15) is 19.5 Å². The molecule has 0 fully saturated rings. The smallest absolute Gasteiger partial charge is 0.317 e. The van der Waals surface area contributed by atoms with Crippen LogP contribution in [0.5, 0.6) is 0 Å². The zero-order chi connectivity index (χ0) is 39.0. The average molecular weight is 750 g/mol. The predicted octanol–water partition coefficient (Wildman–Crippen LogP) is 12.6. The monoisotopic (exact) mass is 750 g/mol. The Kier molecular flexibility index (Phi) is 38.8. The highest BCUT2D eigenvalue weighted by atomic mass is 16.4. The third kappa shape index (κ3) is 34.6. The first-order valence-electron chi connectivity index (χ1n) is 23.4. The Balaban J connectivity index is 5.31. The minimum absolute atomic E-state index is 0.00453. The van der Waals surface area contributed by atoms with Gasteiger partial charge in [-0.3, -0.25) is 19.3 Å². The number of aliphatic carboxylic acids is 1. The minimum Gasteiger partial charge on any atom is -0.480 e. The standard InChI is InChI=1S/C46H91N3O4/c1-5-9-13-17-21-25-29-33-37-48(38-34-30-26-22-18-14-10-6-2)44(50)41-47(43-46(52)53)42-45(51)49(39-35-31-27-23-19-15-11-7-3)40-36-32-28-24-20-16-12-8-4/h5-43H2,1-4H3,(H,52,53). The molecule has 0 aliphatic carbocycles. The van der Waals surface area contributed by atoms with E-state index in [0.29, 0.717) is 0 Å². The number of carboxylic acid groups (broad SMARTS) is 1. The van der Waals surface area contributed by atoms with Crippen LogP contribution in [0.15, 0.2) is 0 Å². The van der Waals surface area contributed by atoms with Crippen molar-refractivity contribution in [2.24, 2.45) is 0 Å². The van der Waals surface area contributed by atoms with Gasteiger partial charge < -0.3 is 14.9 Å². The molecule has 2 amide bonds. The molecule has 0 saturated carbocycles. The van der Waals surface area contributed by atoms with E-state index in [-0.39, 0.29) is 31.4 Å². The van der Waals surface area contributed by atoms with Gasteiger partial charge in [0.2, 0.25) is 11.8 Å². The zero-order valence-corrected chi connectivity index (χ0v) is 36.1. The maximum absolute atomic E-state index is 13.8. The molecule has 0 spiro atoms. The molecule has 0 aromatic carbocycles. The van der Waals surface area contributed by atoms with E-state index < -0.39 is 5.97 Å². The second-order valence-corrected chi connectivity index (χ2v) is 16.2. The van der Waals surface area contributed by atoms with Gasteiger partial charge in [-0.1, -0.05) is 207 Å². The third-order valence-corrected chi connectivity index (χ3v) is 10.9. The SMILES string of the molecule is CCCCCCCCCCN(CCCCCCCCCC)C(=O)CN(CC(=O)O)CC(=O)N(CCCCCCCCCC)CCCCCCCCCC. The van der Waals surface area contributed by atoms with Crippen molar-refractivity contribution >= 4 is 17.8 Å². The lowest BCUT2D eigenvalue weighted by Crippen LogP contribution is -2.47. The summed E-state index contributed by atoms with van der Waals surface area (Å²) in [5.74, 6) is -1.04.